The lowest BCUT2D eigenvalue weighted by atomic mass is 10.0. The van der Waals surface area contributed by atoms with Gasteiger partial charge in [0.25, 0.3) is 0 Å². The van der Waals surface area contributed by atoms with Crippen LogP contribution in [0.15, 0.2) is 0 Å². The summed E-state index contributed by atoms with van der Waals surface area (Å²) in [4.78, 5) is 11.6. The van der Waals surface area contributed by atoms with Crippen molar-refractivity contribution in [1.29, 1.82) is 0 Å². The number of ether oxygens (including phenoxy) is 1. The molecule has 1 rings (SSSR count). The molecule has 1 fully saturated rings. The van der Waals surface area contributed by atoms with Crippen molar-refractivity contribution in [2.45, 2.75) is 64.5 Å². The van der Waals surface area contributed by atoms with Gasteiger partial charge in [0, 0.05) is 18.6 Å². The lowest BCUT2D eigenvalue weighted by Gasteiger charge is -2.24. The summed E-state index contributed by atoms with van der Waals surface area (Å²) >= 11 is 0. The van der Waals surface area contributed by atoms with Crippen molar-refractivity contribution in [2.75, 3.05) is 6.61 Å². The van der Waals surface area contributed by atoms with E-state index in [1.54, 1.807) is 0 Å². The maximum Gasteiger partial charge on any atom is 0.220 e. The molecule has 1 atom stereocenters. The van der Waals surface area contributed by atoms with Crippen LogP contribution in [0.3, 0.4) is 0 Å². The molecule has 1 saturated heterocycles. The predicted molar refractivity (Wildman–Crippen MR) is 60.7 cm³/mol. The van der Waals surface area contributed by atoms with E-state index in [0.717, 1.165) is 32.3 Å². The van der Waals surface area contributed by atoms with Crippen LogP contribution in [-0.4, -0.2) is 24.2 Å². The SMILES string of the molecule is CCC(C)(C)NC(=O)CCC1CCCO1. The maximum atomic E-state index is 11.6. The van der Waals surface area contributed by atoms with Crippen molar-refractivity contribution in [3.8, 4) is 0 Å². The van der Waals surface area contributed by atoms with Crippen molar-refractivity contribution >= 4 is 5.91 Å². The van der Waals surface area contributed by atoms with Gasteiger partial charge in [0.15, 0.2) is 0 Å². The van der Waals surface area contributed by atoms with Crippen molar-refractivity contribution in [3.05, 3.63) is 0 Å². The van der Waals surface area contributed by atoms with E-state index >= 15 is 0 Å². The largest absolute Gasteiger partial charge is 0.378 e. The summed E-state index contributed by atoms with van der Waals surface area (Å²) < 4.78 is 5.48. The minimum absolute atomic E-state index is 0.0758. The molecule has 1 unspecified atom stereocenters. The highest BCUT2D eigenvalue weighted by molar-refractivity contribution is 5.76. The Morgan fingerprint density at radius 1 is 1.53 bits per heavy atom. The Balaban J connectivity index is 2.18. The Hall–Kier alpha value is -0.570. The van der Waals surface area contributed by atoms with Crippen molar-refractivity contribution in [2.24, 2.45) is 0 Å². The first kappa shape index (κ1) is 12.5. The van der Waals surface area contributed by atoms with Gasteiger partial charge in [-0.1, -0.05) is 6.92 Å². The first-order valence-corrected chi connectivity index (χ1v) is 5.96. The molecule has 3 nitrogen and oxygen atoms in total. The Kier molecular flexibility index (Phi) is 4.58. The molecule has 0 aromatic rings. The zero-order chi connectivity index (χ0) is 11.3. The number of carbonyl (C=O) groups is 1. The molecule has 0 bridgehead atoms. The van der Waals surface area contributed by atoms with Crippen LogP contribution in [0.5, 0.6) is 0 Å². The highest BCUT2D eigenvalue weighted by Gasteiger charge is 2.20. The second kappa shape index (κ2) is 5.50. The fraction of sp³-hybridized carbons (Fsp3) is 0.917. The van der Waals surface area contributed by atoms with Crippen LogP contribution in [0.4, 0.5) is 0 Å². The molecule has 1 aliphatic heterocycles. The molecule has 0 saturated carbocycles. The van der Waals surface area contributed by atoms with Crippen molar-refractivity contribution in [3.63, 3.8) is 0 Å². The van der Waals surface area contributed by atoms with Gasteiger partial charge >= 0.3 is 0 Å². The van der Waals surface area contributed by atoms with E-state index in [9.17, 15) is 4.79 Å². The van der Waals surface area contributed by atoms with Gasteiger partial charge in [-0.2, -0.15) is 0 Å². The van der Waals surface area contributed by atoms with E-state index in [2.05, 4.69) is 26.1 Å². The first-order valence-electron chi connectivity index (χ1n) is 5.96. The van der Waals surface area contributed by atoms with E-state index in [-0.39, 0.29) is 11.4 Å². The predicted octanol–water partition coefficient (Wildman–Crippen LogP) is 2.25. The van der Waals surface area contributed by atoms with Crippen LogP contribution in [0.25, 0.3) is 0 Å². The fourth-order valence-corrected chi connectivity index (χ4v) is 1.69. The van der Waals surface area contributed by atoms with E-state index in [4.69, 9.17) is 4.74 Å². The second-order valence-electron chi connectivity index (χ2n) is 4.96. The molecule has 1 amide bonds. The second-order valence-corrected chi connectivity index (χ2v) is 4.96. The number of hydrogen-bond donors (Lipinski definition) is 1. The zero-order valence-corrected chi connectivity index (χ0v) is 10.1. The monoisotopic (exact) mass is 213 g/mol. The Morgan fingerprint density at radius 3 is 2.80 bits per heavy atom. The van der Waals surface area contributed by atoms with Gasteiger partial charge in [0.1, 0.15) is 0 Å². The smallest absolute Gasteiger partial charge is 0.220 e. The standard InChI is InChI=1S/C12H23NO2/c1-4-12(2,3)13-11(14)8-7-10-6-5-9-15-10/h10H,4-9H2,1-3H3,(H,13,14). The average molecular weight is 213 g/mol. The van der Waals surface area contributed by atoms with Crippen LogP contribution in [0, 0.1) is 0 Å². The molecule has 0 spiro atoms. The Bertz CT molecular complexity index is 208. The molecule has 1 N–H and O–H groups in total. The van der Waals surface area contributed by atoms with Gasteiger partial charge in [-0.05, 0) is 39.5 Å². The van der Waals surface area contributed by atoms with Gasteiger partial charge in [0.05, 0.1) is 6.10 Å². The summed E-state index contributed by atoms with van der Waals surface area (Å²) in [6.07, 6.45) is 5.00. The molecule has 3 heteroatoms. The molecule has 15 heavy (non-hydrogen) atoms. The van der Waals surface area contributed by atoms with Crippen molar-refractivity contribution in [1.82, 2.24) is 5.32 Å². The highest BCUT2D eigenvalue weighted by Crippen LogP contribution is 2.17. The quantitative estimate of drug-likeness (QED) is 0.760. The topological polar surface area (TPSA) is 38.3 Å². The average Bonchev–Trinajstić information content (AvgIpc) is 2.66. The Labute approximate surface area is 92.6 Å². The summed E-state index contributed by atoms with van der Waals surface area (Å²) in [6, 6.07) is 0. The van der Waals surface area contributed by atoms with Gasteiger partial charge in [0.2, 0.25) is 5.91 Å². The van der Waals surface area contributed by atoms with Gasteiger partial charge in [-0.15, -0.1) is 0 Å². The highest BCUT2D eigenvalue weighted by atomic mass is 16.5. The van der Waals surface area contributed by atoms with Gasteiger partial charge in [-0.25, -0.2) is 0 Å². The fourth-order valence-electron chi connectivity index (χ4n) is 1.69. The minimum atomic E-state index is -0.0758. The number of amides is 1. The molecule has 1 heterocycles. The molecule has 1 aliphatic rings. The lowest BCUT2D eigenvalue weighted by molar-refractivity contribution is -0.123. The molecular formula is C12H23NO2. The van der Waals surface area contributed by atoms with Crippen LogP contribution in [-0.2, 0) is 9.53 Å². The normalized spacial score (nSPS) is 21.7. The third kappa shape index (κ3) is 4.65. The summed E-state index contributed by atoms with van der Waals surface area (Å²) in [7, 11) is 0. The molecule has 0 aromatic carbocycles. The number of nitrogens with one attached hydrogen (secondary N) is 1. The van der Waals surface area contributed by atoms with Gasteiger partial charge in [-0.3, -0.25) is 4.79 Å². The third-order valence-electron chi connectivity index (χ3n) is 3.08. The summed E-state index contributed by atoms with van der Waals surface area (Å²) in [5.74, 6) is 0.150. The minimum Gasteiger partial charge on any atom is -0.378 e. The van der Waals surface area contributed by atoms with Gasteiger partial charge < -0.3 is 10.1 Å². The lowest BCUT2D eigenvalue weighted by Crippen LogP contribution is -2.42. The van der Waals surface area contributed by atoms with E-state index in [1.165, 1.54) is 0 Å². The van der Waals surface area contributed by atoms with E-state index in [0.29, 0.717) is 12.5 Å². The first-order chi connectivity index (χ1) is 7.03. The third-order valence-corrected chi connectivity index (χ3v) is 3.08. The van der Waals surface area contributed by atoms with E-state index in [1.807, 2.05) is 0 Å². The molecule has 0 aliphatic carbocycles. The zero-order valence-electron chi connectivity index (χ0n) is 10.1. The molecule has 88 valence electrons. The number of carbonyl (C=O) groups excluding carboxylic acids is 1. The molecule has 0 aromatic heterocycles. The maximum absolute atomic E-state index is 11.6. The summed E-state index contributed by atoms with van der Waals surface area (Å²) in [5, 5.41) is 3.04. The number of hydrogen-bond acceptors (Lipinski definition) is 2. The summed E-state index contributed by atoms with van der Waals surface area (Å²) in [5.41, 5.74) is -0.0758. The van der Waals surface area contributed by atoms with Crippen LogP contribution in [0.1, 0.15) is 52.9 Å². The Morgan fingerprint density at radius 2 is 2.27 bits per heavy atom. The van der Waals surface area contributed by atoms with Crippen LogP contribution in [0.2, 0.25) is 0 Å². The summed E-state index contributed by atoms with van der Waals surface area (Å²) in [6.45, 7) is 7.06. The number of rotatable bonds is 5. The van der Waals surface area contributed by atoms with Crippen LogP contribution < -0.4 is 5.32 Å². The molecule has 0 radical (unpaired) electrons. The molecular weight excluding hydrogens is 190 g/mol. The van der Waals surface area contributed by atoms with E-state index < -0.39 is 0 Å². The van der Waals surface area contributed by atoms with Crippen molar-refractivity contribution < 1.29 is 9.53 Å². The van der Waals surface area contributed by atoms with Crippen LogP contribution >= 0.6 is 0 Å².